The Balaban J connectivity index is 2.26. The molecule has 3 rings (SSSR count). The van der Waals surface area contributed by atoms with Crippen molar-refractivity contribution in [3.8, 4) is 5.75 Å². The standard InChI is InChI=1S/C16H14Cl2N2O2/c1-2-22-14-6-4-10(18)8-12(14)16(21)11-7-9(17)3-5-13(11)20-15(16)19/h3-8,21H,2H2,1H3,(H2,19,20). The van der Waals surface area contributed by atoms with Crippen LogP contribution in [0.25, 0.3) is 0 Å². The maximum atomic E-state index is 11.3. The second-order valence-electron chi connectivity index (χ2n) is 4.94. The van der Waals surface area contributed by atoms with Crippen molar-refractivity contribution in [1.29, 1.82) is 0 Å². The predicted octanol–water partition coefficient (Wildman–Crippen LogP) is 3.63. The van der Waals surface area contributed by atoms with E-state index in [-0.39, 0.29) is 5.84 Å². The van der Waals surface area contributed by atoms with Gasteiger partial charge in [-0.3, -0.25) is 0 Å². The Morgan fingerprint density at radius 3 is 2.45 bits per heavy atom. The Bertz CT molecular complexity index is 777. The van der Waals surface area contributed by atoms with Crippen LogP contribution in [0, 0.1) is 0 Å². The smallest absolute Gasteiger partial charge is 0.178 e. The van der Waals surface area contributed by atoms with Gasteiger partial charge in [-0.25, -0.2) is 4.99 Å². The maximum absolute atomic E-state index is 11.3. The minimum atomic E-state index is -1.62. The van der Waals surface area contributed by atoms with Gasteiger partial charge in [0.15, 0.2) is 5.60 Å². The van der Waals surface area contributed by atoms with E-state index in [2.05, 4.69) is 4.99 Å². The Kier molecular flexibility index (Phi) is 3.77. The quantitative estimate of drug-likeness (QED) is 0.899. The summed E-state index contributed by atoms with van der Waals surface area (Å²) in [5.74, 6) is 0.563. The Hall–Kier alpha value is -1.75. The highest BCUT2D eigenvalue weighted by Crippen LogP contribution is 2.46. The van der Waals surface area contributed by atoms with Crippen LogP contribution in [0.1, 0.15) is 18.1 Å². The Morgan fingerprint density at radius 2 is 1.77 bits per heavy atom. The summed E-state index contributed by atoms with van der Waals surface area (Å²) in [6, 6.07) is 10.1. The monoisotopic (exact) mass is 336 g/mol. The van der Waals surface area contributed by atoms with Gasteiger partial charge in [0.2, 0.25) is 0 Å². The van der Waals surface area contributed by atoms with E-state index in [0.29, 0.717) is 39.2 Å². The van der Waals surface area contributed by atoms with Crippen LogP contribution in [0.3, 0.4) is 0 Å². The third-order valence-corrected chi connectivity index (χ3v) is 4.06. The largest absolute Gasteiger partial charge is 0.493 e. The minimum absolute atomic E-state index is 0.0630. The van der Waals surface area contributed by atoms with Gasteiger partial charge in [-0.15, -0.1) is 0 Å². The van der Waals surface area contributed by atoms with E-state index in [1.807, 2.05) is 6.92 Å². The number of nitrogens with zero attached hydrogens (tertiary/aromatic N) is 1. The molecule has 4 nitrogen and oxygen atoms in total. The molecule has 0 saturated carbocycles. The lowest BCUT2D eigenvalue weighted by molar-refractivity contribution is 0.153. The number of hydrogen-bond donors (Lipinski definition) is 2. The van der Waals surface area contributed by atoms with E-state index in [4.69, 9.17) is 33.7 Å². The van der Waals surface area contributed by atoms with Crippen LogP contribution in [0.5, 0.6) is 5.75 Å². The zero-order valence-corrected chi connectivity index (χ0v) is 13.3. The molecule has 0 amide bonds. The minimum Gasteiger partial charge on any atom is -0.493 e. The number of rotatable bonds is 3. The van der Waals surface area contributed by atoms with Crippen molar-refractivity contribution < 1.29 is 9.84 Å². The van der Waals surface area contributed by atoms with Gasteiger partial charge in [0.05, 0.1) is 12.3 Å². The van der Waals surface area contributed by atoms with E-state index in [9.17, 15) is 5.11 Å². The highest BCUT2D eigenvalue weighted by atomic mass is 35.5. The molecule has 22 heavy (non-hydrogen) atoms. The van der Waals surface area contributed by atoms with Crippen molar-refractivity contribution in [2.75, 3.05) is 6.61 Å². The predicted molar refractivity (Wildman–Crippen MR) is 88.4 cm³/mol. The van der Waals surface area contributed by atoms with Gasteiger partial charge in [-0.2, -0.15) is 0 Å². The molecular weight excluding hydrogens is 323 g/mol. The fraction of sp³-hybridized carbons (Fsp3) is 0.188. The number of nitrogens with two attached hydrogens (primary N) is 1. The van der Waals surface area contributed by atoms with Gasteiger partial charge in [0, 0.05) is 21.2 Å². The first-order chi connectivity index (χ1) is 10.5. The summed E-state index contributed by atoms with van der Waals surface area (Å²) in [5.41, 5.74) is 5.94. The first-order valence-electron chi connectivity index (χ1n) is 6.76. The molecule has 0 fully saturated rings. The van der Waals surface area contributed by atoms with E-state index in [0.717, 1.165) is 0 Å². The molecule has 2 aromatic rings. The van der Waals surface area contributed by atoms with Crippen molar-refractivity contribution in [1.82, 2.24) is 0 Å². The van der Waals surface area contributed by atoms with Crippen molar-refractivity contribution >= 4 is 34.7 Å². The summed E-state index contributed by atoms with van der Waals surface area (Å²) in [5, 5.41) is 12.2. The Labute approximate surface area is 138 Å². The van der Waals surface area contributed by atoms with Crippen molar-refractivity contribution in [2.45, 2.75) is 12.5 Å². The highest BCUT2D eigenvalue weighted by molar-refractivity contribution is 6.31. The molecule has 6 heteroatoms. The number of amidine groups is 1. The SMILES string of the molecule is CCOc1ccc(Cl)cc1C1(O)C(N)=Nc2ccc(Cl)cc21. The second-order valence-corrected chi connectivity index (χ2v) is 5.82. The molecule has 0 aliphatic carbocycles. The van der Waals surface area contributed by atoms with Crippen molar-refractivity contribution in [3.05, 3.63) is 57.6 Å². The molecule has 1 aliphatic heterocycles. The molecule has 0 radical (unpaired) electrons. The first kappa shape index (κ1) is 15.2. The molecule has 1 atom stereocenters. The fourth-order valence-electron chi connectivity index (χ4n) is 2.59. The van der Waals surface area contributed by atoms with Gasteiger partial charge >= 0.3 is 0 Å². The van der Waals surface area contributed by atoms with Crippen molar-refractivity contribution in [2.24, 2.45) is 10.7 Å². The highest BCUT2D eigenvalue weighted by Gasteiger charge is 2.44. The van der Waals surface area contributed by atoms with Crippen LogP contribution in [0.4, 0.5) is 5.69 Å². The summed E-state index contributed by atoms with van der Waals surface area (Å²) in [6.45, 7) is 2.31. The molecule has 1 aliphatic rings. The normalized spacial score (nSPS) is 19.7. The number of benzene rings is 2. The van der Waals surface area contributed by atoms with E-state index >= 15 is 0 Å². The molecule has 1 heterocycles. The molecule has 0 spiro atoms. The van der Waals surface area contributed by atoms with E-state index < -0.39 is 5.60 Å². The van der Waals surface area contributed by atoms with Crippen LogP contribution in [0.15, 0.2) is 41.4 Å². The van der Waals surface area contributed by atoms with Gasteiger partial charge in [0.1, 0.15) is 11.6 Å². The van der Waals surface area contributed by atoms with Gasteiger partial charge in [-0.1, -0.05) is 23.2 Å². The molecule has 0 aromatic heterocycles. The lowest BCUT2D eigenvalue weighted by Crippen LogP contribution is -2.40. The number of hydrogen-bond acceptors (Lipinski definition) is 4. The number of aliphatic imine (C=N–C) groups is 1. The fourth-order valence-corrected chi connectivity index (χ4v) is 2.94. The summed E-state index contributed by atoms with van der Waals surface area (Å²) >= 11 is 12.1. The summed E-state index contributed by atoms with van der Waals surface area (Å²) in [6.07, 6.45) is 0. The van der Waals surface area contributed by atoms with Gasteiger partial charge in [-0.05, 0) is 43.3 Å². The van der Waals surface area contributed by atoms with Crippen LogP contribution in [-0.4, -0.2) is 17.5 Å². The summed E-state index contributed by atoms with van der Waals surface area (Å²) in [7, 11) is 0. The Morgan fingerprint density at radius 1 is 1.14 bits per heavy atom. The topological polar surface area (TPSA) is 67.8 Å². The average Bonchev–Trinajstić information content (AvgIpc) is 2.74. The van der Waals surface area contributed by atoms with Crippen LogP contribution < -0.4 is 10.5 Å². The van der Waals surface area contributed by atoms with Crippen LogP contribution in [-0.2, 0) is 5.60 Å². The van der Waals surface area contributed by atoms with Crippen molar-refractivity contribution in [3.63, 3.8) is 0 Å². The van der Waals surface area contributed by atoms with E-state index in [1.54, 1.807) is 36.4 Å². The molecule has 1 unspecified atom stereocenters. The number of aliphatic hydroxyl groups is 1. The van der Waals surface area contributed by atoms with Gasteiger partial charge < -0.3 is 15.6 Å². The summed E-state index contributed by atoms with van der Waals surface area (Å²) in [4.78, 5) is 4.24. The zero-order chi connectivity index (χ0) is 15.9. The van der Waals surface area contributed by atoms with Gasteiger partial charge in [0.25, 0.3) is 0 Å². The number of ether oxygens (including phenoxy) is 1. The summed E-state index contributed by atoms with van der Waals surface area (Å²) < 4.78 is 5.60. The molecule has 0 saturated heterocycles. The molecule has 3 N–H and O–H groups in total. The van der Waals surface area contributed by atoms with E-state index in [1.165, 1.54) is 0 Å². The van der Waals surface area contributed by atoms with Crippen LogP contribution >= 0.6 is 23.2 Å². The molecule has 114 valence electrons. The first-order valence-corrected chi connectivity index (χ1v) is 7.52. The zero-order valence-electron chi connectivity index (χ0n) is 11.8. The lowest BCUT2D eigenvalue weighted by atomic mass is 9.86. The molecule has 2 aromatic carbocycles. The number of halogens is 2. The molecule has 0 bridgehead atoms. The third-order valence-electron chi connectivity index (χ3n) is 3.59. The third kappa shape index (κ3) is 2.24. The number of fused-ring (bicyclic) bond motifs is 1. The molecular formula is C16H14Cl2N2O2. The average molecular weight is 337 g/mol. The maximum Gasteiger partial charge on any atom is 0.178 e. The second kappa shape index (κ2) is 5.47. The van der Waals surface area contributed by atoms with Crippen LogP contribution in [0.2, 0.25) is 10.0 Å². The lowest BCUT2D eigenvalue weighted by Gasteiger charge is -2.27.